The van der Waals surface area contributed by atoms with Gasteiger partial charge in [0.05, 0.1) is 6.04 Å². The van der Waals surface area contributed by atoms with Crippen molar-refractivity contribution >= 4 is 29.6 Å². The smallest absolute Gasteiger partial charge is 0.242 e. The molecule has 2 aromatic rings. The largest absolute Gasteiger partial charge is 0.384 e. The Bertz CT molecular complexity index is 1140. The third-order valence-corrected chi connectivity index (χ3v) is 9.56. The van der Waals surface area contributed by atoms with Gasteiger partial charge in [0.15, 0.2) is 0 Å². The molecule has 0 bridgehead atoms. The van der Waals surface area contributed by atoms with E-state index in [1.54, 1.807) is 24.1 Å². The summed E-state index contributed by atoms with van der Waals surface area (Å²) < 4.78 is 3.45. The van der Waals surface area contributed by atoms with Gasteiger partial charge >= 0.3 is 0 Å². The molecule has 8 N–H and O–H groups in total. The van der Waals surface area contributed by atoms with Crippen molar-refractivity contribution in [3.8, 4) is 0 Å². The predicted octanol–water partition coefficient (Wildman–Crippen LogP) is 3.44. The zero-order valence-corrected chi connectivity index (χ0v) is 26.0. The van der Waals surface area contributed by atoms with Crippen LogP contribution in [0.4, 0.5) is 0 Å². The highest BCUT2D eigenvalue weighted by Crippen LogP contribution is 2.22. The summed E-state index contributed by atoms with van der Waals surface area (Å²) in [5, 5.41) is 20.6. The van der Waals surface area contributed by atoms with E-state index < -0.39 is 6.04 Å². The number of piperidine rings is 2. The Balaban J connectivity index is 1.38. The molecule has 4 rings (SSSR count). The molecule has 2 fully saturated rings. The summed E-state index contributed by atoms with van der Waals surface area (Å²) in [7, 11) is 0. The van der Waals surface area contributed by atoms with Crippen molar-refractivity contribution in [1.82, 2.24) is 26.0 Å². The van der Waals surface area contributed by atoms with Gasteiger partial charge in [-0.2, -0.15) is 0 Å². The molecular formula is C33H49N7O2S. The minimum atomic E-state index is -0.596. The second-order valence-electron chi connectivity index (χ2n) is 11.9. The van der Waals surface area contributed by atoms with E-state index in [0.717, 1.165) is 82.4 Å². The van der Waals surface area contributed by atoms with E-state index in [9.17, 15) is 9.59 Å². The van der Waals surface area contributed by atoms with E-state index in [2.05, 4.69) is 38.1 Å². The van der Waals surface area contributed by atoms with Crippen LogP contribution in [0.25, 0.3) is 0 Å². The number of amidine groups is 1. The second-order valence-corrected chi connectivity index (χ2v) is 12.7. The highest BCUT2D eigenvalue weighted by Gasteiger charge is 2.28. The molecular weight excluding hydrogens is 558 g/mol. The Kier molecular flexibility index (Phi) is 13.8. The van der Waals surface area contributed by atoms with Crippen molar-refractivity contribution in [3.63, 3.8) is 0 Å². The van der Waals surface area contributed by atoms with Gasteiger partial charge in [0.1, 0.15) is 11.9 Å². The third kappa shape index (κ3) is 11.6. The van der Waals surface area contributed by atoms with Crippen molar-refractivity contribution in [2.24, 2.45) is 17.6 Å². The Morgan fingerprint density at radius 2 is 1.40 bits per heavy atom. The third-order valence-electron chi connectivity index (χ3n) is 8.63. The maximum atomic E-state index is 13.8. The minimum absolute atomic E-state index is 0.0153. The topological polar surface area (TPSA) is 144 Å². The monoisotopic (exact) mass is 607 g/mol. The molecule has 0 radical (unpaired) electrons. The number of carbonyl (C=O) groups excluding carboxylic acids is 2. The van der Waals surface area contributed by atoms with Crippen LogP contribution in [0.3, 0.4) is 0 Å². The Morgan fingerprint density at radius 1 is 0.814 bits per heavy atom. The summed E-state index contributed by atoms with van der Waals surface area (Å²) in [5.74, 6) is 1.69. The van der Waals surface area contributed by atoms with Gasteiger partial charge in [-0.05, 0) is 101 Å². The maximum Gasteiger partial charge on any atom is 0.242 e. The lowest BCUT2D eigenvalue weighted by atomic mass is 9.90. The van der Waals surface area contributed by atoms with Gasteiger partial charge in [0, 0.05) is 17.9 Å². The van der Waals surface area contributed by atoms with E-state index >= 15 is 0 Å². The van der Waals surface area contributed by atoms with Gasteiger partial charge in [-0.15, -0.1) is 0 Å². The number of carbonyl (C=O) groups is 2. The number of nitrogens with one attached hydrogen (secondary N) is 6. The maximum absolute atomic E-state index is 13.8. The van der Waals surface area contributed by atoms with Crippen LogP contribution in [0.1, 0.15) is 68.1 Å². The van der Waals surface area contributed by atoms with Crippen molar-refractivity contribution in [2.45, 2.75) is 75.7 Å². The van der Waals surface area contributed by atoms with E-state index in [4.69, 9.17) is 11.1 Å². The van der Waals surface area contributed by atoms with Gasteiger partial charge in [-0.1, -0.05) is 66.5 Å². The molecule has 0 aromatic heterocycles. The first-order chi connectivity index (χ1) is 21.0. The molecule has 2 atom stereocenters. The number of nitrogen functional groups attached to an aromatic ring is 1. The van der Waals surface area contributed by atoms with Crippen molar-refractivity contribution in [1.29, 1.82) is 5.41 Å². The first-order valence-corrected chi connectivity index (χ1v) is 16.8. The number of hydrogen-bond donors (Lipinski definition) is 7. The lowest BCUT2D eigenvalue weighted by molar-refractivity contribution is -0.130. The fourth-order valence-corrected chi connectivity index (χ4v) is 6.71. The van der Waals surface area contributed by atoms with Crippen molar-refractivity contribution < 1.29 is 9.59 Å². The molecule has 10 heteroatoms. The lowest BCUT2D eigenvalue weighted by Gasteiger charge is -2.27. The molecule has 2 aliphatic rings. The van der Waals surface area contributed by atoms with Crippen LogP contribution in [0.2, 0.25) is 0 Å². The molecule has 2 aliphatic heterocycles. The summed E-state index contributed by atoms with van der Waals surface area (Å²) in [6, 6.07) is 16.6. The van der Waals surface area contributed by atoms with Crippen LogP contribution in [-0.4, -0.2) is 55.9 Å². The van der Waals surface area contributed by atoms with Crippen LogP contribution in [0.5, 0.6) is 0 Å². The zero-order valence-electron chi connectivity index (χ0n) is 25.2. The number of amides is 2. The first-order valence-electron chi connectivity index (χ1n) is 15.8. The van der Waals surface area contributed by atoms with Crippen LogP contribution >= 0.6 is 11.9 Å². The van der Waals surface area contributed by atoms with E-state index in [0.29, 0.717) is 30.4 Å². The van der Waals surface area contributed by atoms with Gasteiger partial charge in [-0.25, -0.2) is 0 Å². The summed E-state index contributed by atoms with van der Waals surface area (Å²) >= 11 is 1.56. The van der Waals surface area contributed by atoms with Gasteiger partial charge in [0.25, 0.3) is 0 Å². The van der Waals surface area contributed by atoms with Crippen LogP contribution in [0.15, 0.2) is 54.6 Å². The summed E-state index contributed by atoms with van der Waals surface area (Å²) in [6.07, 6.45) is 7.72. The van der Waals surface area contributed by atoms with E-state index in [-0.39, 0.29) is 23.7 Å². The quantitative estimate of drug-likeness (QED) is 0.0880. The van der Waals surface area contributed by atoms with Crippen LogP contribution in [0, 0.1) is 17.2 Å². The lowest BCUT2D eigenvalue weighted by Crippen LogP contribution is -2.52. The number of benzene rings is 2. The number of nitrogens with two attached hydrogens (primary N) is 1. The van der Waals surface area contributed by atoms with Crippen molar-refractivity contribution in [3.05, 3.63) is 71.3 Å². The van der Waals surface area contributed by atoms with Crippen molar-refractivity contribution in [2.75, 3.05) is 26.2 Å². The molecule has 0 spiro atoms. The molecule has 2 saturated heterocycles. The Hall–Kier alpha value is -2.92. The van der Waals surface area contributed by atoms with E-state index in [1.165, 1.54) is 5.56 Å². The number of hydrogen-bond acceptors (Lipinski definition) is 7. The Labute approximate surface area is 260 Å². The van der Waals surface area contributed by atoms with Gasteiger partial charge in [0.2, 0.25) is 11.8 Å². The molecule has 43 heavy (non-hydrogen) atoms. The van der Waals surface area contributed by atoms with Gasteiger partial charge in [-0.3, -0.25) is 19.7 Å². The molecule has 2 unspecified atom stereocenters. The average molecular weight is 608 g/mol. The fraction of sp³-hybridized carbons (Fsp3) is 0.545. The molecule has 2 heterocycles. The normalized spacial score (nSPS) is 17.6. The number of rotatable bonds is 16. The first kappa shape index (κ1) is 33.0. The van der Waals surface area contributed by atoms with Gasteiger partial charge < -0.3 is 27.0 Å². The highest BCUT2D eigenvalue weighted by atomic mass is 32.2. The second kappa shape index (κ2) is 18.0. The zero-order chi connectivity index (χ0) is 30.3. The molecule has 9 nitrogen and oxygen atoms in total. The molecule has 0 aliphatic carbocycles. The SMILES string of the molecule is N=C(N)c1ccc(CNC(=O)C(CCC2CCNCC2)NC(=O)C(CCC2CCNCC2)NSCc2ccccc2)cc1. The summed E-state index contributed by atoms with van der Waals surface area (Å²) in [6.45, 7) is 4.43. The Morgan fingerprint density at radius 3 is 1.98 bits per heavy atom. The van der Waals surface area contributed by atoms with Crippen LogP contribution in [-0.2, 0) is 21.9 Å². The fourth-order valence-electron chi connectivity index (χ4n) is 5.84. The van der Waals surface area contributed by atoms with Crippen LogP contribution < -0.4 is 31.7 Å². The molecule has 2 aromatic carbocycles. The predicted molar refractivity (Wildman–Crippen MR) is 176 cm³/mol. The summed E-state index contributed by atoms with van der Waals surface area (Å²) in [5.41, 5.74) is 8.34. The standard InChI is InChI=1S/C33H49N7O2S/c34-31(35)28-10-6-26(7-11-28)22-38-32(41)29(12-8-24-14-18-36-19-15-24)39-33(42)30(13-9-25-16-20-37-21-17-25)40-43-23-27-4-2-1-3-5-27/h1-7,10-11,24-25,29-30,36-37,40H,8-9,12-23H2,(H3,34,35)(H,38,41)(H,39,42). The summed E-state index contributed by atoms with van der Waals surface area (Å²) in [4.78, 5) is 27.3. The average Bonchev–Trinajstić information content (AvgIpc) is 3.05. The molecule has 2 amide bonds. The minimum Gasteiger partial charge on any atom is -0.384 e. The molecule has 234 valence electrons. The molecule has 0 saturated carbocycles. The van der Waals surface area contributed by atoms with E-state index in [1.807, 2.05) is 30.3 Å². The highest BCUT2D eigenvalue weighted by molar-refractivity contribution is 7.96.